The van der Waals surface area contributed by atoms with Gasteiger partial charge in [-0.2, -0.15) is 0 Å². The Morgan fingerprint density at radius 1 is 1.00 bits per heavy atom. The lowest BCUT2D eigenvalue weighted by molar-refractivity contribution is -0.136. The predicted octanol–water partition coefficient (Wildman–Crippen LogP) is 3.29. The van der Waals surface area contributed by atoms with Crippen LogP contribution in [0.3, 0.4) is 0 Å². The van der Waals surface area contributed by atoms with E-state index in [4.69, 9.17) is 0 Å². The summed E-state index contributed by atoms with van der Waals surface area (Å²) >= 11 is 0. The number of aryl methyl sites for hydroxylation is 1. The zero-order valence-corrected chi connectivity index (χ0v) is 16.5. The van der Waals surface area contributed by atoms with Crippen molar-refractivity contribution in [3.63, 3.8) is 0 Å². The van der Waals surface area contributed by atoms with Gasteiger partial charge in [-0.05, 0) is 52.8 Å². The molecule has 0 saturated carbocycles. The molecule has 1 aromatic rings. The number of amides is 2. The van der Waals surface area contributed by atoms with Gasteiger partial charge in [-0.25, -0.2) is 0 Å². The Bertz CT molecular complexity index is 547. The minimum atomic E-state index is -0.113. The number of anilines is 1. The summed E-state index contributed by atoms with van der Waals surface area (Å²) in [4.78, 5) is 28.6. The molecule has 0 radical (unpaired) electrons. The van der Waals surface area contributed by atoms with E-state index in [1.807, 2.05) is 36.1 Å². The van der Waals surface area contributed by atoms with Gasteiger partial charge < -0.3 is 10.2 Å². The van der Waals surface area contributed by atoms with Crippen LogP contribution in [-0.2, 0) is 9.59 Å². The molecule has 2 amide bonds. The molecule has 0 aromatic heterocycles. The third-order valence-corrected chi connectivity index (χ3v) is 4.57. The van der Waals surface area contributed by atoms with Crippen LogP contribution >= 0.6 is 0 Å². The monoisotopic (exact) mass is 347 g/mol. The summed E-state index contributed by atoms with van der Waals surface area (Å²) in [6.07, 6.45) is 1.85. The molecule has 140 valence electrons. The fraction of sp³-hybridized carbons (Fsp3) is 0.600. The number of likely N-dealkylation sites (N-methyl/N-ethyl adjacent to an activating group) is 1. The predicted molar refractivity (Wildman–Crippen MR) is 104 cm³/mol. The van der Waals surface area contributed by atoms with Crippen LogP contribution in [0.2, 0.25) is 0 Å². The van der Waals surface area contributed by atoms with Gasteiger partial charge in [-0.15, -0.1) is 0 Å². The number of nitrogens with one attached hydrogen (secondary N) is 1. The second kappa shape index (κ2) is 10.2. The molecule has 1 rings (SSSR count). The Kier molecular flexibility index (Phi) is 8.62. The molecule has 0 saturated heterocycles. The largest absolute Gasteiger partial charge is 0.336 e. The summed E-state index contributed by atoms with van der Waals surface area (Å²) in [7, 11) is 1.80. The fourth-order valence-electron chi connectivity index (χ4n) is 2.77. The molecule has 0 fully saturated rings. The minimum absolute atomic E-state index is 0.0781. The number of nitrogens with zero attached hydrogens (tertiary/aromatic N) is 2. The summed E-state index contributed by atoms with van der Waals surface area (Å²) in [6, 6.07) is 8.09. The highest BCUT2D eigenvalue weighted by Gasteiger charge is 2.24. The summed E-state index contributed by atoms with van der Waals surface area (Å²) < 4.78 is 0. The number of hydrogen-bond acceptors (Lipinski definition) is 3. The second-order valence-electron chi connectivity index (χ2n) is 6.90. The molecule has 2 atom stereocenters. The molecule has 5 heteroatoms. The summed E-state index contributed by atoms with van der Waals surface area (Å²) in [5.41, 5.74) is 1.92. The van der Waals surface area contributed by atoms with Crippen LogP contribution < -0.4 is 5.32 Å². The van der Waals surface area contributed by atoms with E-state index in [1.165, 1.54) is 0 Å². The first-order valence-corrected chi connectivity index (χ1v) is 9.14. The van der Waals surface area contributed by atoms with Crippen molar-refractivity contribution in [3.05, 3.63) is 29.8 Å². The summed E-state index contributed by atoms with van der Waals surface area (Å²) in [6.45, 7) is 10.8. The van der Waals surface area contributed by atoms with E-state index < -0.39 is 0 Å². The van der Waals surface area contributed by atoms with Crippen molar-refractivity contribution < 1.29 is 9.59 Å². The van der Waals surface area contributed by atoms with Crippen LogP contribution in [0.4, 0.5) is 5.69 Å². The number of carbonyl (C=O) groups is 2. The Balaban J connectivity index is 2.58. The first kappa shape index (κ1) is 21.2. The van der Waals surface area contributed by atoms with Gasteiger partial charge in [-0.3, -0.25) is 14.5 Å². The Hall–Kier alpha value is -1.88. The maximum absolute atomic E-state index is 12.7. The summed E-state index contributed by atoms with van der Waals surface area (Å²) in [5, 5.41) is 2.86. The third kappa shape index (κ3) is 6.86. The highest BCUT2D eigenvalue weighted by molar-refractivity contribution is 5.92. The lowest BCUT2D eigenvalue weighted by Gasteiger charge is -2.35. The molecular weight excluding hydrogens is 314 g/mol. The maximum atomic E-state index is 12.7. The van der Waals surface area contributed by atoms with Crippen LogP contribution in [-0.4, -0.2) is 53.8 Å². The van der Waals surface area contributed by atoms with Crippen molar-refractivity contribution in [1.29, 1.82) is 0 Å². The molecule has 1 N–H and O–H groups in total. The van der Waals surface area contributed by atoms with Crippen LogP contribution in [0.5, 0.6) is 0 Å². The van der Waals surface area contributed by atoms with Gasteiger partial charge in [0, 0.05) is 17.8 Å². The normalized spacial score (nSPS) is 13.4. The maximum Gasteiger partial charge on any atom is 0.238 e. The number of hydrogen-bond donors (Lipinski definition) is 1. The second-order valence-corrected chi connectivity index (χ2v) is 6.90. The third-order valence-electron chi connectivity index (χ3n) is 4.57. The van der Waals surface area contributed by atoms with Crippen LogP contribution in [0.1, 0.15) is 46.1 Å². The van der Waals surface area contributed by atoms with Crippen molar-refractivity contribution in [2.75, 3.05) is 25.5 Å². The highest BCUT2D eigenvalue weighted by Crippen LogP contribution is 2.13. The van der Waals surface area contributed by atoms with Crippen LogP contribution in [0.25, 0.3) is 0 Å². The highest BCUT2D eigenvalue weighted by atomic mass is 16.2. The molecule has 25 heavy (non-hydrogen) atoms. The molecule has 5 nitrogen and oxygen atoms in total. The van der Waals surface area contributed by atoms with Crippen LogP contribution in [0.15, 0.2) is 24.3 Å². The first-order valence-electron chi connectivity index (χ1n) is 9.14. The number of rotatable bonds is 9. The molecule has 0 spiro atoms. The van der Waals surface area contributed by atoms with Gasteiger partial charge in [0.2, 0.25) is 11.8 Å². The zero-order valence-electron chi connectivity index (χ0n) is 16.5. The van der Waals surface area contributed by atoms with Gasteiger partial charge in [0.15, 0.2) is 0 Å². The topological polar surface area (TPSA) is 52.7 Å². The average molecular weight is 348 g/mol. The van der Waals surface area contributed by atoms with Gasteiger partial charge in [0.05, 0.1) is 13.1 Å². The molecule has 0 aliphatic carbocycles. The lowest BCUT2D eigenvalue weighted by Crippen LogP contribution is -2.49. The van der Waals surface area contributed by atoms with E-state index in [1.54, 1.807) is 11.9 Å². The fourth-order valence-corrected chi connectivity index (χ4v) is 2.77. The van der Waals surface area contributed by atoms with Crippen molar-refractivity contribution >= 4 is 17.5 Å². The van der Waals surface area contributed by atoms with Crippen molar-refractivity contribution in [3.8, 4) is 0 Å². The van der Waals surface area contributed by atoms with Crippen LogP contribution in [0, 0.1) is 6.92 Å². The molecule has 0 unspecified atom stereocenters. The van der Waals surface area contributed by atoms with Gasteiger partial charge in [0.25, 0.3) is 0 Å². The average Bonchev–Trinajstić information content (AvgIpc) is 2.56. The summed E-state index contributed by atoms with van der Waals surface area (Å²) in [5.74, 6) is -0.0351. The molecule has 0 aliphatic rings. The standard InChI is InChI=1S/C20H33N3O2/c1-7-16(4)23(17(5)8-2)20(25)14-22(6)13-19(24)21-18-11-9-15(3)10-12-18/h9-12,16-17H,7-8,13-14H2,1-6H3,(H,21,24)/t16-,17+. The van der Waals surface area contributed by atoms with E-state index in [-0.39, 0.29) is 37.0 Å². The van der Waals surface area contributed by atoms with Crippen molar-refractivity contribution in [2.24, 2.45) is 0 Å². The van der Waals surface area contributed by atoms with Gasteiger partial charge >= 0.3 is 0 Å². The van der Waals surface area contributed by atoms with E-state index in [2.05, 4.69) is 33.0 Å². The molecule has 0 heterocycles. The van der Waals surface area contributed by atoms with E-state index in [0.29, 0.717) is 0 Å². The molecule has 0 bridgehead atoms. The number of benzene rings is 1. The van der Waals surface area contributed by atoms with E-state index in [9.17, 15) is 9.59 Å². The Labute approximate surface area is 152 Å². The van der Waals surface area contributed by atoms with Crippen molar-refractivity contribution in [1.82, 2.24) is 9.80 Å². The van der Waals surface area contributed by atoms with Gasteiger partial charge in [-0.1, -0.05) is 31.5 Å². The molecule has 0 aliphatic heterocycles. The SMILES string of the molecule is CC[C@@H](C)N(C(=O)CN(C)CC(=O)Nc1ccc(C)cc1)[C@@H](C)CC. The van der Waals surface area contributed by atoms with Crippen molar-refractivity contribution in [2.45, 2.75) is 59.5 Å². The Morgan fingerprint density at radius 2 is 1.52 bits per heavy atom. The zero-order chi connectivity index (χ0) is 19.0. The first-order chi connectivity index (χ1) is 11.8. The lowest BCUT2D eigenvalue weighted by atomic mass is 10.1. The van der Waals surface area contributed by atoms with Gasteiger partial charge in [0.1, 0.15) is 0 Å². The molecule has 1 aromatic carbocycles. The van der Waals surface area contributed by atoms with E-state index in [0.717, 1.165) is 24.1 Å². The van der Waals surface area contributed by atoms with E-state index >= 15 is 0 Å². The number of carbonyl (C=O) groups excluding carboxylic acids is 2. The minimum Gasteiger partial charge on any atom is -0.336 e. The molecular formula is C20H33N3O2. The smallest absolute Gasteiger partial charge is 0.238 e. The quantitative estimate of drug-likeness (QED) is 0.746. The Morgan fingerprint density at radius 3 is 2.00 bits per heavy atom.